The van der Waals surface area contributed by atoms with Gasteiger partial charge in [0, 0.05) is 49.1 Å². The molecule has 3 aliphatic rings. The molecule has 0 bridgehead atoms. The van der Waals surface area contributed by atoms with Gasteiger partial charge in [-0.1, -0.05) is 12.8 Å². The molecule has 25 heavy (non-hydrogen) atoms. The van der Waals surface area contributed by atoms with E-state index in [2.05, 4.69) is 17.0 Å². The summed E-state index contributed by atoms with van der Waals surface area (Å²) in [4.78, 5) is 20.2. The Balaban J connectivity index is 1.29. The van der Waals surface area contributed by atoms with Gasteiger partial charge in [0.05, 0.1) is 0 Å². The molecule has 4 nitrogen and oxygen atoms in total. The first-order chi connectivity index (χ1) is 12.3. The molecular weight excluding hydrogens is 332 g/mol. The quantitative estimate of drug-likeness (QED) is 0.820. The van der Waals surface area contributed by atoms with Crippen LogP contribution in [0, 0.1) is 0 Å². The highest BCUT2D eigenvalue weighted by Crippen LogP contribution is 2.37. The molecule has 0 N–H and O–H groups in total. The number of hydrogen-bond acceptors (Lipinski definition) is 4. The maximum atomic E-state index is 12.6. The van der Waals surface area contributed by atoms with Crippen LogP contribution in [0.15, 0.2) is 12.1 Å². The summed E-state index contributed by atoms with van der Waals surface area (Å²) in [6.07, 6.45) is 8.39. The van der Waals surface area contributed by atoms with Gasteiger partial charge in [-0.25, -0.2) is 0 Å². The van der Waals surface area contributed by atoms with Crippen LogP contribution in [0.2, 0.25) is 0 Å². The van der Waals surface area contributed by atoms with Gasteiger partial charge >= 0.3 is 0 Å². The van der Waals surface area contributed by atoms with Crippen LogP contribution in [-0.4, -0.2) is 54.6 Å². The number of hydrogen-bond donors (Lipinski definition) is 0. The Morgan fingerprint density at radius 2 is 1.92 bits per heavy atom. The molecule has 1 saturated carbocycles. The van der Waals surface area contributed by atoms with Crippen molar-refractivity contribution in [3.05, 3.63) is 21.9 Å². The van der Waals surface area contributed by atoms with E-state index in [-0.39, 0.29) is 12.0 Å². The molecule has 3 heterocycles. The summed E-state index contributed by atoms with van der Waals surface area (Å²) in [6.45, 7) is 5.59. The fourth-order valence-corrected chi connectivity index (χ4v) is 5.68. The Labute approximate surface area is 155 Å². The van der Waals surface area contributed by atoms with Crippen molar-refractivity contribution >= 4 is 17.2 Å². The minimum atomic E-state index is -0.169. The summed E-state index contributed by atoms with van der Waals surface area (Å²) in [5.41, 5.74) is 0. The number of ether oxygens (including phenoxy) is 1. The smallest absolute Gasteiger partial charge is 0.251 e. The second-order valence-corrected chi connectivity index (χ2v) is 8.94. The summed E-state index contributed by atoms with van der Waals surface area (Å²) < 4.78 is 5.58. The van der Waals surface area contributed by atoms with Gasteiger partial charge in [0.25, 0.3) is 5.91 Å². The van der Waals surface area contributed by atoms with E-state index in [4.69, 9.17) is 4.74 Å². The first kappa shape index (κ1) is 17.5. The first-order valence-electron chi connectivity index (χ1n) is 10.0. The molecule has 0 aromatic carbocycles. The Hall–Kier alpha value is -0.910. The molecule has 0 radical (unpaired) electrons. The molecular formula is C20H30N2O2S. The minimum absolute atomic E-state index is 0.169. The van der Waals surface area contributed by atoms with Gasteiger partial charge in [0.15, 0.2) is 0 Å². The van der Waals surface area contributed by atoms with Crippen LogP contribution in [-0.2, 0) is 16.1 Å². The summed E-state index contributed by atoms with van der Waals surface area (Å²) in [5, 5.41) is 0. The van der Waals surface area contributed by atoms with Crippen molar-refractivity contribution in [2.45, 2.75) is 63.5 Å². The molecule has 0 spiro atoms. The van der Waals surface area contributed by atoms with Gasteiger partial charge in [-0.15, -0.1) is 11.3 Å². The van der Waals surface area contributed by atoms with Crippen LogP contribution >= 0.6 is 11.3 Å². The molecule has 5 heteroatoms. The first-order valence-corrected chi connectivity index (χ1v) is 10.8. The van der Waals surface area contributed by atoms with Crippen molar-refractivity contribution in [2.24, 2.45) is 0 Å². The van der Waals surface area contributed by atoms with Gasteiger partial charge < -0.3 is 9.64 Å². The molecule has 138 valence electrons. The molecule has 1 aromatic heterocycles. The van der Waals surface area contributed by atoms with E-state index in [1.54, 1.807) is 4.88 Å². The van der Waals surface area contributed by atoms with E-state index in [1.807, 2.05) is 16.2 Å². The summed E-state index contributed by atoms with van der Waals surface area (Å²) in [5.74, 6) is 1.04. The predicted molar refractivity (Wildman–Crippen MR) is 101 cm³/mol. The number of carbonyl (C=O) groups is 1. The Kier molecular flexibility index (Phi) is 5.73. The third-order valence-corrected chi connectivity index (χ3v) is 7.16. The highest BCUT2D eigenvalue weighted by Gasteiger charge is 2.29. The zero-order valence-electron chi connectivity index (χ0n) is 15.1. The minimum Gasteiger partial charge on any atom is -0.368 e. The second kappa shape index (κ2) is 8.19. The van der Waals surface area contributed by atoms with Gasteiger partial charge in [-0.05, 0) is 50.2 Å². The van der Waals surface area contributed by atoms with Crippen LogP contribution in [0.25, 0.3) is 0 Å². The fraction of sp³-hybridized carbons (Fsp3) is 0.750. The van der Waals surface area contributed by atoms with Crippen molar-refractivity contribution in [2.75, 3.05) is 32.8 Å². The largest absolute Gasteiger partial charge is 0.368 e. The summed E-state index contributed by atoms with van der Waals surface area (Å²) in [7, 11) is 0. The molecule has 4 rings (SSSR count). The van der Waals surface area contributed by atoms with Crippen LogP contribution in [0.4, 0.5) is 0 Å². The lowest BCUT2D eigenvalue weighted by Gasteiger charge is -2.24. The zero-order valence-corrected chi connectivity index (χ0v) is 15.9. The van der Waals surface area contributed by atoms with Gasteiger partial charge in [-0.3, -0.25) is 9.69 Å². The van der Waals surface area contributed by atoms with E-state index >= 15 is 0 Å². The second-order valence-electron chi connectivity index (χ2n) is 7.74. The Bertz CT molecular complexity index is 576. The standard InChI is InChI=1S/C20H30N2O2S/c23-20(18-7-3-14-24-18)22-11-4-10-21(12-13-22)15-17-8-9-19(25-17)16-5-1-2-6-16/h8-9,16,18H,1-7,10-15H2/t18-/m0/s1. The SMILES string of the molecule is O=C([C@@H]1CCCO1)N1CCCN(Cc2ccc(C3CCCC3)s2)CC1. The van der Waals surface area contributed by atoms with E-state index < -0.39 is 0 Å². The number of carbonyl (C=O) groups excluding carboxylic acids is 1. The highest BCUT2D eigenvalue weighted by atomic mass is 32.1. The lowest BCUT2D eigenvalue weighted by molar-refractivity contribution is -0.140. The maximum absolute atomic E-state index is 12.6. The Morgan fingerprint density at radius 1 is 1.04 bits per heavy atom. The zero-order chi connectivity index (χ0) is 17.1. The molecule has 0 unspecified atom stereocenters. The maximum Gasteiger partial charge on any atom is 0.251 e. The Morgan fingerprint density at radius 3 is 2.72 bits per heavy atom. The van der Waals surface area contributed by atoms with E-state index in [1.165, 1.54) is 30.6 Å². The van der Waals surface area contributed by atoms with Crippen LogP contribution < -0.4 is 0 Å². The lowest BCUT2D eigenvalue weighted by Crippen LogP contribution is -2.41. The van der Waals surface area contributed by atoms with Gasteiger partial charge in [-0.2, -0.15) is 0 Å². The molecule has 1 aromatic rings. The van der Waals surface area contributed by atoms with Crippen LogP contribution in [0.3, 0.4) is 0 Å². The lowest BCUT2D eigenvalue weighted by atomic mass is 10.1. The van der Waals surface area contributed by atoms with Crippen molar-refractivity contribution < 1.29 is 9.53 Å². The van der Waals surface area contributed by atoms with E-state index in [0.717, 1.165) is 64.5 Å². The van der Waals surface area contributed by atoms with Gasteiger partial charge in [0.2, 0.25) is 0 Å². The van der Waals surface area contributed by atoms with Crippen molar-refractivity contribution in [3.63, 3.8) is 0 Å². The monoisotopic (exact) mass is 362 g/mol. The topological polar surface area (TPSA) is 32.8 Å². The number of nitrogens with zero attached hydrogens (tertiary/aromatic N) is 2. The highest BCUT2D eigenvalue weighted by molar-refractivity contribution is 7.12. The normalized spacial score (nSPS) is 26.2. The van der Waals surface area contributed by atoms with Crippen LogP contribution in [0.5, 0.6) is 0 Å². The number of rotatable bonds is 4. The molecule has 2 saturated heterocycles. The van der Waals surface area contributed by atoms with Crippen molar-refractivity contribution in [1.82, 2.24) is 9.80 Å². The van der Waals surface area contributed by atoms with E-state index in [9.17, 15) is 4.79 Å². The molecule has 1 amide bonds. The van der Waals surface area contributed by atoms with Crippen molar-refractivity contribution in [1.29, 1.82) is 0 Å². The summed E-state index contributed by atoms with van der Waals surface area (Å²) in [6, 6.07) is 4.69. The van der Waals surface area contributed by atoms with E-state index in [0.29, 0.717) is 0 Å². The van der Waals surface area contributed by atoms with Gasteiger partial charge in [0.1, 0.15) is 6.10 Å². The predicted octanol–water partition coefficient (Wildman–Crippen LogP) is 3.62. The summed E-state index contributed by atoms with van der Waals surface area (Å²) >= 11 is 2.02. The average Bonchev–Trinajstić information content (AvgIpc) is 3.36. The van der Waals surface area contributed by atoms with Crippen molar-refractivity contribution in [3.8, 4) is 0 Å². The number of amides is 1. The number of thiophene rings is 1. The molecule has 2 aliphatic heterocycles. The third-order valence-electron chi connectivity index (χ3n) is 5.92. The van der Waals surface area contributed by atoms with Crippen LogP contribution in [0.1, 0.15) is 60.6 Å². The molecule has 3 fully saturated rings. The molecule has 1 atom stereocenters. The third kappa shape index (κ3) is 4.26. The average molecular weight is 363 g/mol. The molecule has 1 aliphatic carbocycles. The fourth-order valence-electron chi connectivity index (χ4n) is 4.46.